The molecule has 0 saturated carbocycles. The number of hydrogen-bond donors (Lipinski definition) is 1. The number of halogens is 1. The van der Waals surface area contributed by atoms with Gasteiger partial charge in [0, 0.05) is 12.2 Å². The van der Waals surface area contributed by atoms with E-state index in [1.54, 1.807) is 0 Å². The van der Waals surface area contributed by atoms with Gasteiger partial charge in [-0.3, -0.25) is 0 Å². The molecule has 0 aliphatic rings. The molecule has 2 rings (SSSR count). The maximum Gasteiger partial charge on any atom is 0.179 e. The van der Waals surface area contributed by atoms with Crippen LogP contribution >= 0.6 is 11.6 Å². The quantitative estimate of drug-likeness (QED) is 0.697. The molecule has 0 radical (unpaired) electrons. The predicted molar refractivity (Wildman–Crippen MR) is 96.9 cm³/mol. The third-order valence-corrected chi connectivity index (χ3v) is 3.73. The van der Waals surface area contributed by atoms with Crippen molar-refractivity contribution in [1.29, 1.82) is 0 Å². The Kier molecular flexibility index (Phi) is 6.60. The molecule has 23 heavy (non-hydrogen) atoms. The molecular formula is C19H24ClNO2. The van der Waals surface area contributed by atoms with Gasteiger partial charge in [0.25, 0.3) is 0 Å². The third-order valence-electron chi connectivity index (χ3n) is 3.45. The van der Waals surface area contributed by atoms with Crippen LogP contribution < -0.4 is 14.8 Å². The van der Waals surface area contributed by atoms with Crippen LogP contribution in [0.4, 0.5) is 5.69 Å². The van der Waals surface area contributed by atoms with Gasteiger partial charge >= 0.3 is 0 Å². The average Bonchev–Trinajstić information content (AvgIpc) is 2.54. The molecule has 0 unspecified atom stereocenters. The summed E-state index contributed by atoms with van der Waals surface area (Å²) in [5.41, 5.74) is 3.39. The topological polar surface area (TPSA) is 30.5 Å². The van der Waals surface area contributed by atoms with Crippen LogP contribution in [0.1, 0.15) is 31.4 Å². The first kappa shape index (κ1) is 17.5. The van der Waals surface area contributed by atoms with E-state index >= 15 is 0 Å². The number of anilines is 1. The van der Waals surface area contributed by atoms with Gasteiger partial charge in [-0.05, 0) is 49.6 Å². The first-order chi connectivity index (χ1) is 11.2. The van der Waals surface area contributed by atoms with Crippen LogP contribution in [-0.4, -0.2) is 13.2 Å². The van der Waals surface area contributed by atoms with Crippen molar-refractivity contribution in [2.75, 3.05) is 18.5 Å². The second-order valence-electron chi connectivity index (χ2n) is 5.35. The molecule has 0 aromatic heterocycles. The molecule has 0 atom stereocenters. The van der Waals surface area contributed by atoms with Crippen LogP contribution in [0, 0.1) is 6.92 Å². The SMILES string of the molecule is CCCOc1c(Cl)cc(CNc2ccccc2C)cc1OCC. The Hall–Kier alpha value is -1.87. The molecule has 2 aromatic carbocycles. The lowest BCUT2D eigenvalue weighted by Gasteiger charge is -2.16. The first-order valence-electron chi connectivity index (χ1n) is 8.03. The Morgan fingerprint density at radius 3 is 2.57 bits per heavy atom. The summed E-state index contributed by atoms with van der Waals surface area (Å²) in [4.78, 5) is 0. The molecule has 0 heterocycles. The summed E-state index contributed by atoms with van der Waals surface area (Å²) in [5.74, 6) is 1.34. The zero-order valence-electron chi connectivity index (χ0n) is 14.0. The van der Waals surface area contributed by atoms with E-state index in [4.69, 9.17) is 21.1 Å². The first-order valence-corrected chi connectivity index (χ1v) is 8.41. The predicted octanol–water partition coefficient (Wildman–Crippen LogP) is 5.45. The van der Waals surface area contributed by atoms with Gasteiger partial charge in [0.15, 0.2) is 11.5 Å². The molecule has 0 fully saturated rings. The highest BCUT2D eigenvalue weighted by Crippen LogP contribution is 2.37. The summed E-state index contributed by atoms with van der Waals surface area (Å²) in [7, 11) is 0. The summed E-state index contributed by atoms with van der Waals surface area (Å²) in [5, 5.41) is 4.02. The third kappa shape index (κ3) is 4.80. The molecule has 1 N–H and O–H groups in total. The Bertz CT molecular complexity index is 643. The second-order valence-corrected chi connectivity index (χ2v) is 5.76. The molecule has 0 spiro atoms. The van der Waals surface area contributed by atoms with E-state index in [2.05, 4.69) is 31.3 Å². The fourth-order valence-electron chi connectivity index (χ4n) is 2.30. The smallest absolute Gasteiger partial charge is 0.179 e. The van der Waals surface area contributed by atoms with Crippen molar-refractivity contribution in [3.63, 3.8) is 0 Å². The molecule has 0 amide bonds. The molecule has 4 heteroatoms. The van der Waals surface area contributed by atoms with E-state index in [-0.39, 0.29) is 0 Å². The van der Waals surface area contributed by atoms with Crippen molar-refractivity contribution in [3.05, 3.63) is 52.5 Å². The Labute approximate surface area is 143 Å². The highest BCUT2D eigenvalue weighted by Gasteiger charge is 2.12. The van der Waals surface area contributed by atoms with Crippen LogP contribution in [0.15, 0.2) is 36.4 Å². The molecule has 0 bridgehead atoms. The highest BCUT2D eigenvalue weighted by molar-refractivity contribution is 6.32. The van der Waals surface area contributed by atoms with Gasteiger partial charge in [0.2, 0.25) is 0 Å². The second kappa shape index (κ2) is 8.68. The van der Waals surface area contributed by atoms with Crippen molar-refractivity contribution in [2.45, 2.75) is 33.7 Å². The number of aryl methyl sites for hydroxylation is 1. The van der Waals surface area contributed by atoms with Gasteiger partial charge in [0.05, 0.1) is 18.2 Å². The molecule has 0 saturated heterocycles. The summed E-state index contributed by atoms with van der Waals surface area (Å²) < 4.78 is 11.4. The number of hydrogen-bond acceptors (Lipinski definition) is 3. The zero-order valence-corrected chi connectivity index (χ0v) is 14.7. The van der Waals surface area contributed by atoms with E-state index < -0.39 is 0 Å². The van der Waals surface area contributed by atoms with Crippen LogP contribution in [0.3, 0.4) is 0 Å². The number of para-hydroxylation sites is 1. The Balaban J connectivity index is 2.17. The van der Waals surface area contributed by atoms with Crippen molar-refractivity contribution in [3.8, 4) is 11.5 Å². The van der Waals surface area contributed by atoms with Crippen LogP contribution in [0.2, 0.25) is 5.02 Å². The van der Waals surface area contributed by atoms with E-state index in [9.17, 15) is 0 Å². The van der Waals surface area contributed by atoms with E-state index in [1.807, 2.05) is 31.2 Å². The molecule has 0 aliphatic carbocycles. The largest absolute Gasteiger partial charge is 0.490 e. The standard InChI is InChI=1S/C19H24ClNO2/c1-4-10-23-19-16(20)11-15(12-18(19)22-5-2)13-21-17-9-7-6-8-14(17)3/h6-9,11-12,21H,4-5,10,13H2,1-3H3. The van der Waals surface area contributed by atoms with E-state index in [1.165, 1.54) is 5.56 Å². The van der Waals surface area contributed by atoms with Crippen LogP contribution in [0.5, 0.6) is 11.5 Å². The molecule has 2 aromatic rings. The van der Waals surface area contributed by atoms with Gasteiger partial charge in [-0.1, -0.05) is 36.7 Å². The monoisotopic (exact) mass is 333 g/mol. The summed E-state index contributed by atoms with van der Waals surface area (Å²) in [6.45, 7) is 7.99. The fraction of sp³-hybridized carbons (Fsp3) is 0.368. The number of nitrogens with one attached hydrogen (secondary N) is 1. The maximum atomic E-state index is 6.39. The average molecular weight is 334 g/mol. The summed E-state index contributed by atoms with van der Waals surface area (Å²) in [6, 6.07) is 12.1. The van der Waals surface area contributed by atoms with Gasteiger partial charge in [-0.15, -0.1) is 0 Å². The van der Waals surface area contributed by atoms with Crippen molar-refractivity contribution in [1.82, 2.24) is 0 Å². The van der Waals surface area contributed by atoms with Gasteiger partial charge < -0.3 is 14.8 Å². The summed E-state index contributed by atoms with van der Waals surface area (Å²) in [6.07, 6.45) is 0.929. The molecule has 124 valence electrons. The fourth-order valence-corrected chi connectivity index (χ4v) is 2.59. The lowest BCUT2D eigenvalue weighted by atomic mass is 10.1. The van der Waals surface area contributed by atoms with Crippen molar-refractivity contribution in [2.24, 2.45) is 0 Å². The summed E-state index contributed by atoms with van der Waals surface area (Å²) >= 11 is 6.39. The van der Waals surface area contributed by atoms with Crippen LogP contribution in [-0.2, 0) is 6.54 Å². The molecule has 0 aliphatic heterocycles. The lowest BCUT2D eigenvalue weighted by molar-refractivity contribution is 0.277. The highest BCUT2D eigenvalue weighted by atomic mass is 35.5. The molecule has 3 nitrogen and oxygen atoms in total. The van der Waals surface area contributed by atoms with E-state index in [0.29, 0.717) is 36.3 Å². The Morgan fingerprint density at radius 1 is 1.09 bits per heavy atom. The van der Waals surface area contributed by atoms with E-state index in [0.717, 1.165) is 17.7 Å². The molecular weight excluding hydrogens is 310 g/mol. The number of benzene rings is 2. The zero-order chi connectivity index (χ0) is 16.7. The Morgan fingerprint density at radius 2 is 1.87 bits per heavy atom. The van der Waals surface area contributed by atoms with Gasteiger partial charge in [0.1, 0.15) is 0 Å². The minimum atomic E-state index is 0.577. The minimum Gasteiger partial charge on any atom is -0.490 e. The van der Waals surface area contributed by atoms with Crippen LogP contribution in [0.25, 0.3) is 0 Å². The van der Waals surface area contributed by atoms with Gasteiger partial charge in [-0.2, -0.15) is 0 Å². The van der Waals surface area contributed by atoms with Crippen molar-refractivity contribution >= 4 is 17.3 Å². The maximum absolute atomic E-state index is 6.39. The number of ether oxygens (including phenoxy) is 2. The van der Waals surface area contributed by atoms with Crippen molar-refractivity contribution < 1.29 is 9.47 Å². The lowest BCUT2D eigenvalue weighted by Crippen LogP contribution is -2.04. The van der Waals surface area contributed by atoms with Gasteiger partial charge in [-0.25, -0.2) is 0 Å². The minimum absolute atomic E-state index is 0.577. The normalized spacial score (nSPS) is 10.4. The number of rotatable bonds is 8.